The van der Waals surface area contributed by atoms with Crippen molar-refractivity contribution in [3.63, 3.8) is 0 Å². The molecule has 19 heavy (non-hydrogen) atoms. The van der Waals surface area contributed by atoms with E-state index in [-0.39, 0.29) is 10.5 Å². The van der Waals surface area contributed by atoms with Crippen LogP contribution in [-0.2, 0) is 9.84 Å². The lowest BCUT2D eigenvalue weighted by Gasteiger charge is -2.20. The molecule has 8 heteroatoms. The van der Waals surface area contributed by atoms with E-state index in [1.807, 2.05) is 0 Å². The second kappa shape index (κ2) is 5.81. The molecule has 0 unspecified atom stereocenters. The lowest BCUT2D eigenvalue weighted by molar-refractivity contribution is 0.0790. The normalized spacial score (nSPS) is 11.1. The average molecular weight is 284 g/mol. The number of nitrogens with zero attached hydrogens (tertiary/aromatic N) is 1. The summed E-state index contributed by atoms with van der Waals surface area (Å²) in [6.45, 7) is 2.15. The predicted octanol–water partition coefficient (Wildman–Crippen LogP) is -0.0497. The highest BCUT2D eigenvalue weighted by atomic mass is 32.2. The maximum Gasteiger partial charge on any atom is 0.275 e. The van der Waals surface area contributed by atoms with E-state index in [1.54, 1.807) is 6.92 Å². The van der Waals surface area contributed by atoms with Gasteiger partial charge >= 0.3 is 0 Å². The maximum atomic E-state index is 12.1. The van der Waals surface area contributed by atoms with Crippen LogP contribution in [0.3, 0.4) is 0 Å². The van der Waals surface area contributed by atoms with Crippen molar-refractivity contribution in [2.75, 3.05) is 12.8 Å². The van der Waals surface area contributed by atoms with Crippen molar-refractivity contribution in [1.82, 2.24) is 10.4 Å². The second-order valence-corrected chi connectivity index (χ2v) is 5.85. The fourth-order valence-corrected chi connectivity index (χ4v) is 2.08. The third-order valence-electron chi connectivity index (χ3n) is 2.27. The Kier molecular flexibility index (Phi) is 4.62. The van der Waals surface area contributed by atoms with Crippen molar-refractivity contribution >= 4 is 21.7 Å². The third-order valence-corrected chi connectivity index (χ3v) is 3.38. The summed E-state index contributed by atoms with van der Waals surface area (Å²) in [5.74, 6) is -1.04. The summed E-state index contributed by atoms with van der Waals surface area (Å²) in [5.41, 5.74) is 8.05. The SMILES string of the molecule is CCNN(C(=N)N)C(=O)c1cccc(S(C)(=O)=O)c1. The van der Waals surface area contributed by atoms with Gasteiger partial charge in [-0.1, -0.05) is 13.0 Å². The van der Waals surface area contributed by atoms with Crippen molar-refractivity contribution in [3.05, 3.63) is 29.8 Å². The van der Waals surface area contributed by atoms with Crippen LogP contribution in [0, 0.1) is 5.41 Å². The van der Waals surface area contributed by atoms with Gasteiger partial charge in [0.2, 0.25) is 5.96 Å². The monoisotopic (exact) mass is 284 g/mol. The van der Waals surface area contributed by atoms with Crippen LogP contribution >= 0.6 is 0 Å². The fraction of sp³-hybridized carbons (Fsp3) is 0.273. The van der Waals surface area contributed by atoms with Crippen molar-refractivity contribution in [3.8, 4) is 0 Å². The molecule has 0 heterocycles. The average Bonchev–Trinajstić information content (AvgIpc) is 2.34. The standard InChI is InChI=1S/C11H16N4O3S/c1-3-14-15(11(12)13)10(16)8-5-4-6-9(7-8)19(2,17)18/h4-7,14H,3H2,1-2H3,(H3,12,13). The highest BCUT2D eigenvalue weighted by Crippen LogP contribution is 2.12. The molecule has 0 saturated heterocycles. The van der Waals surface area contributed by atoms with Gasteiger partial charge in [0.25, 0.3) is 5.91 Å². The van der Waals surface area contributed by atoms with E-state index in [0.29, 0.717) is 6.54 Å². The fourth-order valence-electron chi connectivity index (χ4n) is 1.41. The van der Waals surface area contributed by atoms with Crippen LogP contribution in [0.15, 0.2) is 29.2 Å². The molecule has 4 N–H and O–H groups in total. The topological polar surface area (TPSA) is 116 Å². The predicted molar refractivity (Wildman–Crippen MR) is 71.3 cm³/mol. The van der Waals surface area contributed by atoms with Gasteiger partial charge in [0.1, 0.15) is 0 Å². The van der Waals surface area contributed by atoms with Crippen molar-refractivity contribution in [2.24, 2.45) is 5.73 Å². The van der Waals surface area contributed by atoms with Gasteiger partial charge in [-0.3, -0.25) is 10.2 Å². The number of nitrogens with one attached hydrogen (secondary N) is 2. The van der Waals surface area contributed by atoms with Gasteiger partial charge in [-0.2, -0.15) is 0 Å². The summed E-state index contributed by atoms with van der Waals surface area (Å²) in [6.07, 6.45) is 1.06. The summed E-state index contributed by atoms with van der Waals surface area (Å²) >= 11 is 0. The molecule has 0 aliphatic heterocycles. The van der Waals surface area contributed by atoms with Gasteiger partial charge in [-0.05, 0) is 18.2 Å². The number of hydrogen-bond acceptors (Lipinski definition) is 5. The van der Waals surface area contributed by atoms with Gasteiger partial charge in [-0.25, -0.2) is 18.9 Å². The third kappa shape index (κ3) is 3.76. The molecular formula is C11H16N4O3S. The van der Waals surface area contributed by atoms with Crippen LogP contribution in [0.25, 0.3) is 0 Å². The van der Waals surface area contributed by atoms with Crippen LogP contribution < -0.4 is 11.2 Å². The minimum absolute atomic E-state index is 0.0401. The van der Waals surface area contributed by atoms with E-state index < -0.39 is 21.7 Å². The molecule has 1 aromatic carbocycles. The minimum Gasteiger partial charge on any atom is -0.369 e. The summed E-state index contributed by atoms with van der Waals surface area (Å²) in [6, 6.07) is 5.58. The van der Waals surface area contributed by atoms with E-state index in [0.717, 1.165) is 11.3 Å². The number of carbonyl (C=O) groups excluding carboxylic acids is 1. The van der Waals surface area contributed by atoms with E-state index >= 15 is 0 Å². The number of nitrogens with two attached hydrogens (primary N) is 1. The Morgan fingerprint density at radius 2 is 2.11 bits per heavy atom. The van der Waals surface area contributed by atoms with Gasteiger partial charge in [0.05, 0.1) is 4.90 Å². The number of benzene rings is 1. The largest absolute Gasteiger partial charge is 0.369 e. The number of hydrazine groups is 1. The first kappa shape index (κ1) is 15.1. The number of amides is 1. The molecule has 7 nitrogen and oxygen atoms in total. The molecule has 1 rings (SSSR count). The Bertz CT molecular complexity index is 598. The first-order valence-corrected chi connectivity index (χ1v) is 7.38. The molecule has 0 spiro atoms. The Labute approximate surface area is 111 Å². The lowest BCUT2D eigenvalue weighted by atomic mass is 10.2. The van der Waals surface area contributed by atoms with Crippen LogP contribution in [0.2, 0.25) is 0 Å². The van der Waals surface area contributed by atoms with E-state index in [4.69, 9.17) is 11.1 Å². The Morgan fingerprint density at radius 1 is 1.47 bits per heavy atom. The number of carbonyl (C=O) groups is 1. The van der Waals surface area contributed by atoms with Crippen LogP contribution in [0.5, 0.6) is 0 Å². The van der Waals surface area contributed by atoms with E-state index in [2.05, 4.69) is 5.43 Å². The number of hydrogen-bond donors (Lipinski definition) is 3. The molecule has 104 valence electrons. The van der Waals surface area contributed by atoms with Crippen LogP contribution in [-0.4, -0.2) is 38.1 Å². The zero-order valence-corrected chi connectivity index (χ0v) is 11.5. The zero-order valence-electron chi connectivity index (χ0n) is 10.7. The van der Waals surface area contributed by atoms with Gasteiger partial charge < -0.3 is 5.73 Å². The Balaban J connectivity index is 3.16. The molecule has 0 fully saturated rings. The zero-order chi connectivity index (χ0) is 14.6. The second-order valence-electron chi connectivity index (χ2n) is 3.84. The number of rotatable bonds is 4. The summed E-state index contributed by atoms with van der Waals surface area (Å²) in [4.78, 5) is 12.1. The van der Waals surface area contributed by atoms with Crippen LogP contribution in [0.1, 0.15) is 17.3 Å². The summed E-state index contributed by atoms with van der Waals surface area (Å²) in [7, 11) is -3.39. The molecule has 0 aliphatic carbocycles. The van der Waals surface area contributed by atoms with E-state index in [9.17, 15) is 13.2 Å². The smallest absolute Gasteiger partial charge is 0.275 e. The lowest BCUT2D eigenvalue weighted by Crippen LogP contribution is -2.50. The first-order chi connectivity index (χ1) is 8.77. The Hall–Kier alpha value is -1.93. The molecule has 0 saturated carbocycles. The first-order valence-electron chi connectivity index (χ1n) is 5.49. The molecule has 1 aromatic rings. The van der Waals surface area contributed by atoms with E-state index in [1.165, 1.54) is 24.3 Å². The number of sulfone groups is 1. The molecule has 0 aromatic heterocycles. The quantitative estimate of drug-likeness (QED) is 0.407. The molecule has 0 bridgehead atoms. The molecular weight excluding hydrogens is 268 g/mol. The highest BCUT2D eigenvalue weighted by molar-refractivity contribution is 7.90. The van der Waals surface area contributed by atoms with Crippen molar-refractivity contribution < 1.29 is 13.2 Å². The van der Waals surface area contributed by atoms with Crippen LogP contribution in [0.4, 0.5) is 0 Å². The van der Waals surface area contributed by atoms with Gasteiger partial charge in [0.15, 0.2) is 9.84 Å². The van der Waals surface area contributed by atoms with Gasteiger partial charge in [-0.15, -0.1) is 0 Å². The van der Waals surface area contributed by atoms with Crippen molar-refractivity contribution in [1.29, 1.82) is 5.41 Å². The molecule has 0 radical (unpaired) electrons. The molecule has 0 aliphatic rings. The minimum atomic E-state index is -3.39. The molecule has 1 amide bonds. The summed E-state index contributed by atoms with van der Waals surface area (Å²) in [5, 5.41) is 8.18. The molecule has 0 atom stereocenters. The summed E-state index contributed by atoms with van der Waals surface area (Å²) < 4.78 is 22.9. The maximum absolute atomic E-state index is 12.1. The van der Waals surface area contributed by atoms with Gasteiger partial charge in [0, 0.05) is 18.4 Å². The van der Waals surface area contributed by atoms with Crippen molar-refractivity contribution in [2.45, 2.75) is 11.8 Å². The Morgan fingerprint density at radius 3 is 2.58 bits per heavy atom. The number of guanidine groups is 1. The highest BCUT2D eigenvalue weighted by Gasteiger charge is 2.19.